The molecule has 2 rings (SSSR count). The molecule has 0 atom stereocenters. The second kappa shape index (κ2) is 4.11. The van der Waals surface area contributed by atoms with Crippen LogP contribution in [0.5, 0.6) is 11.5 Å². The lowest BCUT2D eigenvalue weighted by Crippen LogP contribution is -2.31. The number of methoxy groups -OCH3 is 1. The molecule has 0 aromatic heterocycles. The Labute approximate surface area is 89.6 Å². The summed E-state index contributed by atoms with van der Waals surface area (Å²) in [5.41, 5.74) is 0. The van der Waals surface area contributed by atoms with Crippen LogP contribution in [-0.4, -0.2) is 18.0 Å². The van der Waals surface area contributed by atoms with Crippen molar-refractivity contribution in [3.8, 4) is 11.5 Å². The van der Waals surface area contributed by atoms with Gasteiger partial charge in [-0.1, -0.05) is 0 Å². The quantitative estimate of drug-likeness (QED) is 0.775. The highest BCUT2D eigenvalue weighted by atomic mass is 16.6. The number of rotatable bonds is 3. The van der Waals surface area contributed by atoms with Crippen molar-refractivity contribution in [1.82, 2.24) is 0 Å². The number of ether oxygens (including phenoxy) is 2. The summed E-state index contributed by atoms with van der Waals surface area (Å²) in [4.78, 5) is 0. The number of hydrogen-bond acceptors (Lipinski definition) is 3. The van der Waals surface area contributed by atoms with Gasteiger partial charge in [0.15, 0.2) is 0 Å². The summed E-state index contributed by atoms with van der Waals surface area (Å²) in [5, 5.41) is 10.0. The van der Waals surface area contributed by atoms with Crippen molar-refractivity contribution in [2.45, 2.75) is 31.5 Å². The van der Waals surface area contributed by atoms with Crippen LogP contribution in [0.1, 0.15) is 25.7 Å². The molecule has 0 saturated heterocycles. The van der Waals surface area contributed by atoms with Gasteiger partial charge in [0, 0.05) is 12.8 Å². The van der Waals surface area contributed by atoms with E-state index in [1.165, 1.54) is 0 Å². The maximum Gasteiger partial charge on any atom is 0.208 e. The van der Waals surface area contributed by atoms with Crippen LogP contribution < -0.4 is 9.47 Å². The Bertz CT molecular complexity index is 312. The van der Waals surface area contributed by atoms with Gasteiger partial charge in [-0.3, -0.25) is 0 Å². The molecular weight excluding hydrogens is 192 g/mol. The molecule has 15 heavy (non-hydrogen) atoms. The third-order valence-electron chi connectivity index (χ3n) is 2.75. The van der Waals surface area contributed by atoms with Crippen LogP contribution in [-0.2, 0) is 0 Å². The molecule has 3 heteroatoms. The normalized spacial score (nSPS) is 18.8. The molecular formula is C12H16O3. The molecule has 0 radical (unpaired) electrons. The van der Waals surface area contributed by atoms with E-state index < -0.39 is 5.79 Å². The van der Waals surface area contributed by atoms with Gasteiger partial charge in [-0.15, -0.1) is 0 Å². The second-order valence-electron chi connectivity index (χ2n) is 3.93. The summed E-state index contributed by atoms with van der Waals surface area (Å²) < 4.78 is 10.6. The van der Waals surface area contributed by atoms with Gasteiger partial charge in [-0.05, 0) is 37.1 Å². The molecule has 1 N–H and O–H groups in total. The standard InChI is InChI=1S/C12H16O3/c1-14-10-4-6-11(7-5-10)15-12(13)8-2-3-9-12/h4-7,13H,2-3,8-9H2,1H3. The van der Waals surface area contributed by atoms with Gasteiger partial charge >= 0.3 is 0 Å². The highest BCUT2D eigenvalue weighted by Gasteiger charge is 2.33. The zero-order chi connectivity index (χ0) is 10.7. The minimum absolute atomic E-state index is 0.695. The summed E-state index contributed by atoms with van der Waals surface area (Å²) in [7, 11) is 1.63. The van der Waals surface area contributed by atoms with Gasteiger partial charge in [0.05, 0.1) is 7.11 Å². The van der Waals surface area contributed by atoms with E-state index in [0.717, 1.165) is 31.4 Å². The predicted octanol–water partition coefficient (Wildman–Crippen LogP) is 2.34. The van der Waals surface area contributed by atoms with Gasteiger partial charge in [-0.25, -0.2) is 0 Å². The molecule has 0 unspecified atom stereocenters. The molecule has 1 saturated carbocycles. The lowest BCUT2D eigenvalue weighted by Gasteiger charge is -2.23. The first-order chi connectivity index (χ1) is 7.22. The Balaban J connectivity index is 2.04. The minimum Gasteiger partial charge on any atom is -0.497 e. The zero-order valence-electron chi connectivity index (χ0n) is 8.90. The maximum absolute atomic E-state index is 10.0. The highest BCUT2D eigenvalue weighted by molar-refractivity contribution is 5.31. The third-order valence-corrected chi connectivity index (χ3v) is 2.75. The van der Waals surface area contributed by atoms with E-state index in [1.54, 1.807) is 7.11 Å². The summed E-state index contributed by atoms with van der Waals surface area (Å²) >= 11 is 0. The monoisotopic (exact) mass is 208 g/mol. The molecule has 0 amide bonds. The Kier molecular flexibility index (Phi) is 2.82. The van der Waals surface area contributed by atoms with Crippen molar-refractivity contribution in [2.24, 2.45) is 0 Å². The van der Waals surface area contributed by atoms with Crippen LogP contribution >= 0.6 is 0 Å². The second-order valence-corrected chi connectivity index (χ2v) is 3.93. The fraction of sp³-hybridized carbons (Fsp3) is 0.500. The van der Waals surface area contributed by atoms with Crippen LogP contribution in [0, 0.1) is 0 Å². The van der Waals surface area contributed by atoms with E-state index in [-0.39, 0.29) is 0 Å². The molecule has 0 aliphatic heterocycles. The Hall–Kier alpha value is -1.22. The molecule has 1 fully saturated rings. The van der Waals surface area contributed by atoms with Gasteiger partial charge in [0.1, 0.15) is 11.5 Å². The van der Waals surface area contributed by atoms with Crippen LogP contribution in [0.2, 0.25) is 0 Å². The molecule has 1 aliphatic carbocycles. The molecule has 0 heterocycles. The Morgan fingerprint density at radius 1 is 1.07 bits per heavy atom. The summed E-state index contributed by atoms with van der Waals surface area (Å²) in [6.45, 7) is 0. The first kappa shape index (κ1) is 10.3. The molecule has 0 spiro atoms. The molecule has 3 nitrogen and oxygen atoms in total. The van der Waals surface area contributed by atoms with Gasteiger partial charge < -0.3 is 14.6 Å². The molecule has 0 bridgehead atoms. The highest BCUT2D eigenvalue weighted by Crippen LogP contribution is 2.32. The van der Waals surface area contributed by atoms with Crippen molar-refractivity contribution in [3.63, 3.8) is 0 Å². The van der Waals surface area contributed by atoms with E-state index >= 15 is 0 Å². The fourth-order valence-corrected chi connectivity index (χ4v) is 1.89. The minimum atomic E-state index is -0.950. The van der Waals surface area contributed by atoms with E-state index in [4.69, 9.17) is 9.47 Å². The average Bonchev–Trinajstić information content (AvgIpc) is 2.66. The fourth-order valence-electron chi connectivity index (χ4n) is 1.89. The van der Waals surface area contributed by atoms with Gasteiger partial charge in [-0.2, -0.15) is 0 Å². The molecule has 1 aromatic carbocycles. The van der Waals surface area contributed by atoms with Crippen LogP contribution in [0.4, 0.5) is 0 Å². The number of hydrogen-bond donors (Lipinski definition) is 1. The zero-order valence-corrected chi connectivity index (χ0v) is 8.90. The first-order valence-electron chi connectivity index (χ1n) is 5.27. The summed E-state index contributed by atoms with van der Waals surface area (Å²) in [6, 6.07) is 7.28. The van der Waals surface area contributed by atoms with E-state index in [9.17, 15) is 5.11 Å². The topological polar surface area (TPSA) is 38.7 Å². The average molecular weight is 208 g/mol. The largest absolute Gasteiger partial charge is 0.497 e. The van der Waals surface area contributed by atoms with Crippen LogP contribution in [0.25, 0.3) is 0 Å². The lowest BCUT2D eigenvalue weighted by molar-refractivity contribution is -0.130. The van der Waals surface area contributed by atoms with E-state index in [0.29, 0.717) is 5.75 Å². The third kappa shape index (κ3) is 2.42. The van der Waals surface area contributed by atoms with Crippen molar-refractivity contribution in [2.75, 3.05) is 7.11 Å². The van der Waals surface area contributed by atoms with Gasteiger partial charge in [0.25, 0.3) is 0 Å². The maximum atomic E-state index is 10.0. The van der Waals surface area contributed by atoms with Crippen molar-refractivity contribution >= 4 is 0 Å². The summed E-state index contributed by atoms with van der Waals surface area (Å²) in [6.07, 6.45) is 3.51. The molecule has 82 valence electrons. The van der Waals surface area contributed by atoms with Crippen LogP contribution in [0.15, 0.2) is 24.3 Å². The lowest BCUT2D eigenvalue weighted by atomic mass is 10.2. The van der Waals surface area contributed by atoms with Crippen molar-refractivity contribution in [1.29, 1.82) is 0 Å². The SMILES string of the molecule is COc1ccc(OC2(O)CCCC2)cc1. The smallest absolute Gasteiger partial charge is 0.208 e. The van der Waals surface area contributed by atoms with Crippen LogP contribution in [0.3, 0.4) is 0 Å². The van der Waals surface area contributed by atoms with Gasteiger partial charge in [0.2, 0.25) is 5.79 Å². The Morgan fingerprint density at radius 2 is 1.60 bits per heavy atom. The van der Waals surface area contributed by atoms with Crippen molar-refractivity contribution < 1.29 is 14.6 Å². The van der Waals surface area contributed by atoms with Crippen molar-refractivity contribution in [3.05, 3.63) is 24.3 Å². The first-order valence-corrected chi connectivity index (χ1v) is 5.27. The molecule has 1 aromatic rings. The number of benzene rings is 1. The Morgan fingerprint density at radius 3 is 2.13 bits per heavy atom. The summed E-state index contributed by atoms with van der Waals surface area (Å²) in [5.74, 6) is 0.537. The van der Waals surface area contributed by atoms with E-state index in [1.807, 2.05) is 24.3 Å². The number of aliphatic hydroxyl groups is 1. The predicted molar refractivity (Wildman–Crippen MR) is 57.0 cm³/mol. The molecule has 1 aliphatic rings. The van der Waals surface area contributed by atoms with E-state index in [2.05, 4.69) is 0 Å².